The van der Waals surface area contributed by atoms with Crippen LogP contribution in [-0.4, -0.2) is 12.1 Å². The van der Waals surface area contributed by atoms with E-state index in [0.29, 0.717) is 17.1 Å². The van der Waals surface area contributed by atoms with Gasteiger partial charge in [0.2, 0.25) is 0 Å². The normalized spacial score (nSPS) is 17.9. The molecular formula is C19H24N2O2S. The van der Waals surface area contributed by atoms with E-state index in [1.165, 1.54) is 16.7 Å². The number of carbonyl (C=O) groups is 1. The second kappa shape index (κ2) is 6.55. The van der Waals surface area contributed by atoms with Crippen molar-refractivity contribution >= 4 is 23.5 Å². The molecule has 2 aromatic heterocycles. The molecule has 2 heterocycles. The van der Waals surface area contributed by atoms with E-state index in [-0.39, 0.29) is 5.91 Å². The van der Waals surface area contributed by atoms with Gasteiger partial charge in [-0.1, -0.05) is 20.8 Å². The summed E-state index contributed by atoms with van der Waals surface area (Å²) in [7, 11) is 0. The van der Waals surface area contributed by atoms with E-state index < -0.39 is 0 Å². The van der Waals surface area contributed by atoms with E-state index >= 15 is 0 Å². The first-order chi connectivity index (χ1) is 11.3. The Morgan fingerprint density at radius 3 is 2.88 bits per heavy atom. The van der Waals surface area contributed by atoms with Crippen LogP contribution < -0.4 is 5.43 Å². The molecule has 5 heteroatoms. The Kier molecular flexibility index (Phi) is 4.63. The molecule has 24 heavy (non-hydrogen) atoms. The van der Waals surface area contributed by atoms with Crippen LogP contribution in [0.2, 0.25) is 0 Å². The largest absolute Gasteiger partial charge is 0.460 e. The van der Waals surface area contributed by atoms with Gasteiger partial charge in [0.25, 0.3) is 5.91 Å². The van der Waals surface area contributed by atoms with Crippen LogP contribution >= 0.6 is 11.3 Å². The predicted molar refractivity (Wildman–Crippen MR) is 97.8 cm³/mol. The van der Waals surface area contributed by atoms with Crippen LogP contribution in [0.1, 0.15) is 59.5 Å². The number of rotatable bonds is 3. The van der Waals surface area contributed by atoms with Crippen LogP contribution in [0, 0.1) is 18.3 Å². The van der Waals surface area contributed by atoms with Crippen LogP contribution in [0.4, 0.5) is 0 Å². The molecule has 1 aliphatic carbocycles. The molecule has 128 valence electrons. The smallest absolute Gasteiger partial charge is 0.272 e. The minimum Gasteiger partial charge on any atom is -0.460 e. The molecule has 0 aliphatic heterocycles. The topological polar surface area (TPSA) is 54.6 Å². The van der Waals surface area contributed by atoms with E-state index in [1.807, 2.05) is 24.4 Å². The number of nitrogens with one attached hydrogen (secondary N) is 1. The van der Waals surface area contributed by atoms with Gasteiger partial charge in [-0.25, -0.2) is 5.43 Å². The third-order valence-corrected chi connectivity index (χ3v) is 5.79. The Morgan fingerprint density at radius 2 is 2.21 bits per heavy atom. The summed E-state index contributed by atoms with van der Waals surface area (Å²) in [6.45, 7) is 8.78. The molecule has 0 saturated heterocycles. The summed E-state index contributed by atoms with van der Waals surface area (Å²) in [6.07, 6.45) is 4.72. The van der Waals surface area contributed by atoms with Gasteiger partial charge in [0.1, 0.15) is 11.5 Å². The monoisotopic (exact) mass is 344 g/mol. The standard InChI is InChI=1S/C19H24N2O2S/c1-12-5-7-14(23-12)10-20-21-18(22)16-11-24-17-9-13(19(2,3)4)6-8-15(16)17/h5,7,10-11,13H,6,8-9H2,1-4H3,(H,21,22)/t13-/m1/s1. The maximum atomic E-state index is 12.4. The second-order valence-electron chi connectivity index (χ2n) is 7.50. The van der Waals surface area contributed by atoms with Gasteiger partial charge in [-0.05, 0) is 55.2 Å². The first kappa shape index (κ1) is 17.0. The number of furan rings is 1. The zero-order valence-corrected chi connectivity index (χ0v) is 15.5. The highest BCUT2D eigenvalue weighted by molar-refractivity contribution is 7.10. The van der Waals surface area contributed by atoms with Crippen molar-refractivity contribution < 1.29 is 9.21 Å². The van der Waals surface area contributed by atoms with Crippen molar-refractivity contribution in [1.29, 1.82) is 0 Å². The Labute approximate surface area is 147 Å². The molecule has 3 rings (SSSR count). The number of thiophene rings is 1. The van der Waals surface area contributed by atoms with E-state index in [1.54, 1.807) is 11.3 Å². The highest BCUT2D eigenvalue weighted by Crippen LogP contribution is 2.40. The molecule has 2 aromatic rings. The van der Waals surface area contributed by atoms with Crippen LogP contribution in [0.15, 0.2) is 27.0 Å². The maximum absolute atomic E-state index is 12.4. The zero-order chi connectivity index (χ0) is 17.3. The zero-order valence-electron chi connectivity index (χ0n) is 14.7. The molecule has 0 fully saturated rings. The number of carbonyl (C=O) groups excluding carboxylic acids is 1. The lowest BCUT2D eigenvalue weighted by atomic mass is 9.72. The maximum Gasteiger partial charge on any atom is 0.272 e. The van der Waals surface area contributed by atoms with Gasteiger partial charge in [0, 0.05) is 10.3 Å². The van der Waals surface area contributed by atoms with Crippen molar-refractivity contribution in [2.75, 3.05) is 0 Å². The minimum atomic E-state index is -0.138. The molecule has 4 nitrogen and oxygen atoms in total. The average Bonchev–Trinajstić information content (AvgIpc) is 3.11. The van der Waals surface area contributed by atoms with Crippen molar-refractivity contribution in [3.05, 3.63) is 45.0 Å². The number of nitrogens with zero attached hydrogens (tertiary/aromatic N) is 1. The van der Waals surface area contributed by atoms with Gasteiger partial charge in [-0.3, -0.25) is 4.79 Å². The predicted octanol–water partition coefficient (Wildman–Crippen LogP) is 4.56. The summed E-state index contributed by atoms with van der Waals surface area (Å²) in [5.74, 6) is 2.00. The van der Waals surface area contributed by atoms with Crippen LogP contribution in [0.25, 0.3) is 0 Å². The molecule has 1 N–H and O–H groups in total. The highest BCUT2D eigenvalue weighted by Gasteiger charge is 2.31. The van der Waals surface area contributed by atoms with Crippen molar-refractivity contribution in [3.8, 4) is 0 Å². The SMILES string of the molecule is Cc1ccc(C=NNC(=O)c2csc3c2CC[C@@H](C(C)(C)C)C3)o1. The van der Waals surface area contributed by atoms with Crippen molar-refractivity contribution in [3.63, 3.8) is 0 Å². The molecule has 0 bridgehead atoms. The van der Waals surface area contributed by atoms with Crippen molar-refractivity contribution in [2.24, 2.45) is 16.4 Å². The minimum absolute atomic E-state index is 0.138. The Hall–Kier alpha value is -1.88. The highest BCUT2D eigenvalue weighted by atomic mass is 32.1. The lowest BCUT2D eigenvalue weighted by Crippen LogP contribution is -2.27. The van der Waals surface area contributed by atoms with Gasteiger partial charge in [0.15, 0.2) is 0 Å². The molecule has 0 spiro atoms. The summed E-state index contributed by atoms with van der Waals surface area (Å²) in [5.41, 5.74) is 4.91. The molecular weight excluding hydrogens is 320 g/mol. The summed E-state index contributed by atoms with van der Waals surface area (Å²) >= 11 is 1.70. The quantitative estimate of drug-likeness (QED) is 0.655. The van der Waals surface area contributed by atoms with Gasteiger partial charge in [0.05, 0.1) is 11.8 Å². The third kappa shape index (κ3) is 3.61. The molecule has 0 saturated carbocycles. The summed E-state index contributed by atoms with van der Waals surface area (Å²) in [6, 6.07) is 3.69. The lowest BCUT2D eigenvalue weighted by molar-refractivity contribution is 0.0954. The van der Waals surface area contributed by atoms with E-state index in [2.05, 4.69) is 31.3 Å². The number of hydrogen-bond acceptors (Lipinski definition) is 4. The Bertz CT molecular complexity index is 765. The second-order valence-corrected chi connectivity index (χ2v) is 8.47. The third-order valence-electron chi connectivity index (χ3n) is 4.74. The number of aryl methyl sites for hydroxylation is 1. The van der Waals surface area contributed by atoms with Gasteiger partial charge in [-0.2, -0.15) is 5.10 Å². The number of hydrogen-bond donors (Lipinski definition) is 1. The molecule has 1 amide bonds. The Morgan fingerprint density at radius 1 is 1.42 bits per heavy atom. The number of fused-ring (bicyclic) bond motifs is 1. The van der Waals surface area contributed by atoms with Crippen molar-refractivity contribution in [2.45, 2.75) is 47.0 Å². The fraction of sp³-hybridized carbons (Fsp3) is 0.474. The van der Waals surface area contributed by atoms with E-state index in [4.69, 9.17) is 4.42 Å². The first-order valence-electron chi connectivity index (χ1n) is 8.33. The summed E-state index contributed by atoms with van der Waals surface area (Å²) < 4.78 is 5.39. The van der Waals surface area contributed by atoms with E-state index in [9.17, 15) is 4.79 Å². The summed E-state index contributed by atoms with van der Waals surface area (Å²) in [5, 5.41) is 5.97. The molecule has 0 radical (unpaired) electrons. The number of amides is 1. The van der Waals surface area contributed by atoms with Crippen LogP contribution in [-0.2, 0) is 12.8 Å². The van der Waals surface area contributed by atoms with Crippen molar-refractivity contribution in [1.82, 2.24) is 5.43 Å². The average molecular weight is 344 g/mol. The summed E-state index contributed by atoms with van der Waals surface area (Å²) in [4.78, 5) is 13.8. The molecule has 1 atom stereocenters. The first-order valence-corrected chi connectivity index (χ1v) is 9.21. The fourth-order valence-corrected chi connectivity index (χ4v) is 4.34. The molecule has 0 aromatic carbocycles. The van der Waals surface area contributed by atoms with Crippen LogP contribution in [0.3, 0.4) is 0 Å². The Balaban J connectivity index is 1.67. The van der Waals surface area contributed by atoms with Gasteiger partial charge >= 0.3 is 0 Å². The molecule has 1 aliphatic rings. The lowest BCUT2D eigenvalue weighted by Gasteiger charge is -2.33. The molecule has 0 unspecified atom stereocenters. The van der Waals surface area contributed by atoms with Crippen LogP contribution in [0.5, 0.6) is 0 Å². The number of hydrazone groups is 1. The van der Waals surface area contributed by atoms with Gasteiger partial charge in [-0.15, -0.1) is 11.3 Å². The van der Waals surface area contributed by atoms with Gasteiger partial charge < -0.3 is 4.42 Å². The fourth-order valence-electron chi connectivity index (χ4n) is 3.18. The van der Waals surface area contributed by atoms with E-state index in [0.717, 1.165) is 30.6 Å².